The van der Waals surface area contributed by atoms with Gasteiger partial charge < -0.3 is 0 Å². The fourth-order valence-corrected chi connectivity index (χ4v) is 5.04. The number of pyridine rings is 1. The van der Waals surface area contributed by atoms with Gasteiger partial charge in [-0.1, -0.05) is 48.0 Å². The molecule has 0 unspecified atom stereocenters. The van der Waals surface area contributed by atoms with Crippen LogP contribution >= 0.6 is 11.3 Å². The molecular weight excluding hydrogens is 334 g/mol. The molecule has 0 fully saturated rings. The molecule has 5 aromatic rings. The van der Waals surface area contributed by atoms with E-state index in [1.165, 1.54) is 30.9 Å². The van der Waals surface area contributed by atoms with E-state index in [-0.39, 0.29) is 0 Å². The van der Waals surface area contributed by atoms with Crippen LogP contribution in [0, 0.1) is 13.8 Å². The number of rotatable bonds is 1. The van der Waals surface area contributed by atoms with Crippen LogP contribution < -0.4 is 4.57 Å². The molecule has 0 spiro atoms. The van der Waals surface area contributed by atoms with Crippen molar-refractivity contribution in [3.05, 3.63) is 78.0 Å². The zero-order valence-electron chi connectivity index (χ0n) is 17.7. The summed E-state index contributed by atoms with van der Waals surface area (Å²) in [6.07, 6.45) is 2.09. The number of hydrogen-bond donors (Lipinski definition) is 0. The lowest BCUT2D eigenvalue weighted by atomic mass is 9.97. The summed E-state index contributed by atoms with van der Waals surface area (Å²) in [5.41, 5.74) is 3.55. The molecule has 2 aromatic heterocycles. The van der Waals surface area contributed by atoms with E-state index in [1.807, 2.05) is 13.0 Å². The first-order valence-corrected chi connectivity index (χ1v) is 9.50. The first-order valence-electron chi connectivity index (χ1n) is 10.2. The fraction of sp³-hybridized carbons (Fsp3) is 0.125. The molecule has 0 atom stereocenters. The normalized spacial score (nSPS) is 13.8. The summed E-state index contributed by atoms with van der Waals surface area (Å²) in [5, 5.41) is 4.98. The summed E-state index contributed by atoms with van der Waals surface area (Å²) < 4.78 is 27.8. The summed E-state index contributed by atoms with van der Waals surface area (Å²) in [5.74, 6) is 0. The topological polar surface area (TPSA) is 3.88 Å². The molecule has 126 valence electrons. The second-order valence-electron chi connectivity index (χ2n) is 6.81. The molecule has 3 aromatic carbocycles. The Kier molecular flexibility index (Phi) is 2.74. The Morgan fingerprint density at radius 2 is 1.77 bits per heavy atom. The van der Waals surface area contributed by atoms with Gasteiger partial charge in [0.2, 0.25) is 5.69 Å². The molecule has 0 aliphatic carbocycles. The number of fused-ring (bicyclic) bond motifs is 5. The zero-order valence-corrected chi connectivity index (χ0v) is 15.5. The first-order chi connectivity index (χ1) is 13.8. The van der Waals surface area contributed by atoms with Gasteiger partial charge in [-0.3, -0.25) is 0 Å². The average Bonchev–Trinajstić information content (AvgIpc) is 3.07. The van der Waals surface area contributed by atoms with Gasteiger partial charge in [-0.05, 0) is 42.2 Å². The molecule has 0 aliphatic rings. The summed E-state index contributed by atoms with van der Waals surface area (Å²) in [4.78, 5) is 0. The minimum absolute atomic E-state index is 0.384. The van der Waals surface area contributed by atoms with Crippen molar-refractivity contribution < 1.29 is 8.68 Å². The van der Waals surface area contributed by atoms with Crippen molar-refractivity contribution in [3.8, 4) is 11.3 Å². The molecule has 2 heterocycles. The molecule has 0 bridgehead atoms. The van der Waals surface area contributed by atoms with E-state index < -0.39 is 6.85 Å². The van der Waals surface area contributed by atoms with E-state index in [4.69, 9.17) is 4.11 Å². The number of benzene rings is 3. The number of aromatic nitrogens is 1. The van der Waals surface area contributed by atoms with E-state index in [9.17, 15) is 0 Å². The maximum absolute atomic E-state index is 7.72. The van der Waals surface area contributed by atoms with Crippen LogP contribution in [0.2, 0.25) is 0 Å². The Balaban J connectivity index is 1.91. The van der Waals surface area contributed by atoms with Crippen LogP contribution in [-0.4, -0.2) is 0 Å². The van der Waals surface area contributed by atoms with Gasteiger partial charge in [-0.2, -0.15) is 0 Å². The van der Waals surface area contributed by atoms with E-state index in [2.05, 4.69) is 60.3 Å². The minimum Gasteiger partial charge on any atom is -0.200 e. The molecular formula is C24H20NS+. The van der Waals surface area contributed by atoms with E-state index >= 15 is 0 Å². The highest BCUT2D eigenvalue weighted by Crippen LogP contribution is 2.42. The van der Waals surface area contributed by atoms with Crippen molar-refractivity contribution in [1.82, 2.24) is 0 Å². The van der Waals surface area contributed by atoms with Crippen molar-refractivity contribution in [1.29, 1.82) is 0 Å². The summed E-state index contributed by atoms with van der Waals surface area (Å²) >= 11 is 1.80. The van der Waals surface area contributed by atoms with Crippen molar-refractivity contribution in [2.45, 2.75) is 13.8 Å². The van der Waals surface area contributed by atoms with Crippen molar-refractivity contribution in [2.75, 3.05) is 0 Å². The molecule has 1 nitrogen and oxygen atoms in total. The Morgan fingerprint density at radius 1 is 0.923 bits per heavy atom. The first kappa shape index (κ1) is 12.6. The number of nitrogens with zero attached hydrogens (tertiary/aromatic N) is 1. The molecule has 2 heteroatoms. The van der Waals surface area contributed by atoms with Crippen molar-refractivity contribution in [2.24, 2.45) is 7.05 Å². The minimum atomic E-state index is -2.09. The van der Waals surface area contributed by atoms with E-state index in [1.54, 1.807) is 23.5 Å². The van der Waals surface area contributed by atoms with Crippen LogP contribution in [-0.2, 0) is 7.05 Å². The van der Waals surface area contributed by atoms with Gasteiger partial charge in [0, 0.05) is 30.5 Å². The quantitative estimate of drug-likeness (QED) is 0.309. The predicted octanol–water partition coefficient (Wildman–Crippen LogP) is 6.32. The Bertz CT molecular complexity index is 1410. The SMILES string of the molecule is [2H]C([2H])([2H])c1ccc(-c2c3c(cc[n+]2C)sc2ccc4ccccc4c23)c(C)c1. The molecule has 0 saturated carbocycles. The maximum atomic E-state index is 7.72. The van der Waals surface area contributed by atoms with Gasteiger partial charge in [0.1, 0.15) is 7.05 Å². The largest absolute Gasteiger partial charge is 0.221 e. The molecule has 0 amide bonds. The molecule has 0 saturated heterocycles. The van der Waals surface area contributed by atoms with Crippen LogP contribution in [0.1, 0.15) is 15.2 Å². The molecule has 0 aliphatic heterocycles. The molecule has 0 radical (unpaired) electrons. The number of thiophene rings is 1. The lowest BCUT2D eigenvalue weighted by Gasteiger charge is -2.08. The van der Waals surface area contributed by atoms with Crippen LogP contribution in [0.4, 0.5) is 0 Å². The second kappa shape index (κ2) is 5.65. The van der Waals surface area contributed by atoms with Crippen molar-refractivity contribution >= 4 is 42.3 Å². The third-order valence-electron chi connectivity index (χ3n) is 5.13. The van der Waals surface area contributed by atoms with Crippen molar-refractivity contribution in [3.63, 3.8) is 0 Å². The monoisotopic (exact) mass is 357 g/mol. The average molecular weight is 358 g/mol. The van der Waals surface area contributed by atoms with Crippen LogP contribution in [0.25, 0.3) is 42.2 Å². The lowest BCUT2D eigenvalue weighted by molar-refractivity contribution is -0.659. The number of hydrogen-bond acceptors (Lipinski definition) is 1. The Hall–Kier alpha value is -2.71. The van der Waals surface area contributed by atoms with E-state index in [0.717, 1.165) is 16.8 Å². The van der Waals surface area contributed by atoms with Gasteiger partial charge in [0.05, 0.1) is 5.39 Å². The smallest absolute Gasteiger partial charge is 0.200 e. The lowest BCUT2D eigenvalue weighted by Crippen LogP contribution is -2.30. The van der Waals surface area contributed by atoms with Gasteiger partial charge >= 0.3 is 0 Å². The third-order valence-corrected chi connectivity index (χ3v) is 6.25. The van der Waals surface area contributed by atoms with E-state index in [0.29, 0.717) is 5.56 Å². The molecule has 5 rings (SSSR count). The van der Waals surface area contributed by atoms with Gasteiger partial charge in [-0.25, -0.2) is 4.57 Å². The summed E-state index contributed by atoms with van der Waals surface area (Å²) in [6, 6.07) is 20.5. The zero-order chi connectivity index (χ0) is 20.3. The maximum Gasteiger partial charge on any atom is 0.221 e. The van der Waals surface area contributed by atoms with Crippen LogP contribution in [0.3, 0.4) is 0 Å². The Morgan fingerprint density at radius 3 is 2.62 bits per heavy atom. The Labute approximate surface area is 161 Å². The van der Waals surface area contributed by atoms with Gasteiger partial charge in [0.25, 0.3) is 0 Å². The predicted molar refractivity (Wildman–Crippen MR) is 113 cm³/mol. The summed E-state index contributed by atoms with van der Waals surface area (Å²) in [7, 11) is 2.06. The molecule has 0 N–H and O–H groups in total. The fourth-order valence-electron chi connectivity index (χ4n) is 3.92. The standard InChI is InChI=1S/C24H20NS/c1-15-8-10-18(16(2)14-15)24-23-21(12-13-25(24)3)26-20-11-9-17-6-4-5-7-19(17)22(20)23/h4-14H,1-3H3/q+1/i1D3. The van der Waals surface area contributed by atoms with Gasteiger partial charge in [0.15, 0.2) is 6.20 Å². The van der Waals surface area contributed by atoms with Crippen LogP contribution in [0.15, 0.2) is 66.9 Å². The number of aryl methyl sites for hydroxylation is 3. The highest BCUT2D eigenvalue weighted by Gasteiger charge is 2.22. The van der Waals surface area contributed by atoms with Crippen LogP contribution in [0.5, 0.6) is 0 Å². The summed E-state index contributed by atoms with van der Waals surface area (Å²) in [6.45, 7) is -0.0984. The van der Waals surface area contributed by atoms with Gasteiger partial charge in [-0.15, -0.1) is 11.3 Å². The third kappa shape index (κ3) is 2.19. The highest BCUT2D eigenvalue weighted by atomic mass is 32.1. The second-order valence-corrected chi connectivity index (χ2v) is 7.89. The highest BCUT2D eigenvalue weighted by molar-refractivity contribution is 7.26. The molecule has 26 heavy (non-hydrogen) atoms.